The van der Waals surface area contributed by atoms with E-state index in [0.717, 1.165) is 24.3 Å². The molecule has 0 saturated carbocycles. The SMILES string of the molecule is CNCc1cnccc1OCCc1cccs1. The van der Waals surface area contributed by atoms with Crippen molar-refractivity contribution < 1.29 is 4.74 Å². The van der Waals surface area contributed by atoms with Crippen LogP contribution in [0.5, 0.6) is 5.75 Å². The van der Waals surface area contributed by atoms with Gasteiger partial charge < -0.3 is 10.1 Å². The van der Waals surface area contributed by atoms with E-state index in [4.69, 9.17) is 4.74 Å². The summed E-state index contributed by atoms with van der Waals surface area (Å²) in [5, 5.41) is 5.20. The molecule has 2 aromatic rings. The lowest BCUT2D eigenvalue weighted by molar-refractivity contribution is 0.318. The summed E-state index contributed by atoms with van der Waals surface area (Å²) < 4.78 is 5.79. The molecule has 0 saturated heterocycles. The molecule has 0 aliphatic rings. The average molecular weight is 248 g/mol. The van der Waals surface area contributed by atoms with E-state index >= 15 is 0 Å². The number of pyridine rings is 1. The second kappa shape index (κ2) is 6.37. The minimum atomic E-state index is 0.710. The minimum Gasteiger partial charge on any atom is -0.493 e. The fourth-order valence-corrected chi connectivity index (χ4v) is 2.29. The van der Waals surface area contributed by atoms with Crippen molar-refractivity contribution in [1.29, 1.82) is 0 Å². The number of aromatic nitrogens is 1. The maximum atomic E-state index is 5.79. The molecule has 0 atom stereocenters. The van der Waals surface area contributed by atoms with Crippen molar-refractivity contribution in [2.45, 2.75) is 13.0 Å². The van der Waals surface area contributed by atoms with Gasteiger partial charge in [-0.2, -0.15) is 0 Å². The summed E-state index contributed by atoms with van der Waals surface area (Å²) in [6.07, 6.45) is 4.57. The van der Waals surface area contributed by atoms with E-state index in [1.165, 1.54) is 4.88 Å². The van der Waals surface area contributed by atoms with Crippen LogP contribution in [-0.2, 0) is 13.0 Å². The quantitative estimate of drug-likeness (QED) is 0.853. The standard InChI is InChI=1S/C13H16N2OS/c1-14-9-11-10-15-6-4-13(11)16-7-5-12-3-2-8-17-12/h2-4,6,8,10,14H,5,7,9H2,1H3. The molecule has 2 heterocycles. The number of hydrogen-bond acceptors (Lipinski definition) is 4. The molecule has 0 spiro atoms. The van der Waals surface area contributed by atoms with E-state index < -0.39 is 0 Å². The molecule has 4 heteroatoms. The van der Waals surface area contributed by atoms with Gasteiger partial charge in [0.25, 0.3) is 0 Å². The highest BCUT2D eigenvalue weighted by atomic mass is 32.1. The van der Waals surface area contributed by atoms with Crippen molar-refractivity contribution in [3.05, 3.63) is 46.4 Å². The van der Waals surface area contributed by atoms with Crippen LogP contribution in [0.1, 0.15) is 10.4 Å². The maximum absolute atomic E-state index is 5.79. The summed E-state index contributed by atoms with van der Waals surface area (Å²) in [5.41, 5.74) is 1.10. The Balaban J connectivity index is 1.89. The monoisotopic (exact) mass is 248 g/mol. The zero-order chi connectivity index (χ0) is 11.9. The summed E-state index contributed by atoms with van der Waals surface area (Å²) in [6, 6.07) is 6.12. The van der Waals surface area contributed by atoms with Crippen LogP contribution in [0.15, 0.2) is 36.0 Å². The van der Waals surface area contributed by atoms with Gasteiger partial charge in [0, 0.05) is 35.8 Å². The number of rotatable bonds is 6. The second-order valence-electron chi connectivity index (χ2n) is 3.69. The number of ether oxygens (including phenoxy) is 1. The molecule has 0 bridgehead atoms. The molecular weight excluding hydrogens is 232 g/mol. The van der Waals surface area contributed by atoms with Gasteiger partial charge in [0.05, 0.1) is 6.61 Å². The fraction of sp³-hybridized carbons (Fsp3) is 0.308. The number of nitrogens with zero attached hydrogens (tertiary/aromatic N) is 1. The van der Waals surface area contributed by atoms with Crippen LogP contribution in [0.25, 0.3) is 0 Å². The highest BCUT2D eigenvalue weighted by Crippen LogP contribution is 2.17. The van der Waals surface area contributed by atoms with Gasteiger partial charge >= 0.3 is 0 Å². The van der Waals surface area contributed by atoms with Crippen LogP contribution in [0.2, 0.25) is 0 Å². The number of nitrogens with one attached hydrogen (secondary N) is 1. The highest BCUT2D eigenvalue weighted by Gasteiger charge is 2.02. The van der Waals surface area contributed by atoms with Crippen molar-refractivity contribution in [3.63, 3.8) is 0 Å². The van der Waals surface area contributed by atoms with Gasteiger partial charge in [-0.1, -0.05) is 6.07 Å². The molecule has 0 fully saturated rings. The Hall–Kier alpha value is -1.39. The minimum absolute atomic E-state index is 0.710. The molecule has 0 aliphatic carbocycles. The third kappa shape index (κ3) is 3.54. The summed E-state index contributed by atoms with van der Waals surface area (Å²) in [7, 11) is 1.92. The molecule has 0 amide bonds. The second-order valence-corrected chi connectivity index (χ2v) is 4.72. The van der Waals surface area contributed by atoms with Gasteiger partial charge in [-0.3, -0.25) is 4.98 Å². The average Bonchev–Trinajstić information content (AvgIpc) is 2.85. The third-order valence-corrected chi connectivity index (χ3v) is 3.35. The largest absolute Gasteiger partial charge is 0.493 e. The van der Waals surface area contributed by atoms with Crippen molar-refractivity contribution >= 4 is 11.3 Å². The first kappa shape index (κ1) is 12.1. The van der Waals surface area contributed by atoms with E-state index in [1.54, 1.807) is 17.5 Å². The molecule has 2 aromatic heterocycles. The van der Waals surface area contributed by atoms with Gasteiger partial charge in [0.1, 0.15) is 5.75 Å². The van der Waals surface area contributed by atoms with Gasteiger partial charge in [0.2, 0.25) is 0 Å². The van der Waals surface area contributed by atoms with Crippen molar-refractivity contribution in [3.8, 4) is 5.75 Å². The van der Waals surface area contributed by atoms with Crippen molar-refractivity contribution in [2.75, 3.05) is 13.7 Å². The molecular formula is C13H16N2OS. The van der Waals surface area contributed by atoms with Crippen LogP contribution >= 0.6 is 11.3 Å². The Labute approximate surface area is 105 Å². The molecule has 2 rings (SSSR count). The summed E-state index contributed by atoms with van der Waals surface area (Å²) in [4.78, 5) is 5.46. The normalized spacial score (nSPS) is 10.4. The lowest BCUT2D eigenvalue weighted by Gasteiger charge is -2.10. The predicted octanol–water partition coefficient (Wildman–Crippen LogP) is 2.48. The first-order valence-electron chi connectivity index (χ1n) is 5.63. The maximum Gasteiger partial charge on any atom is 0.126 e. The Morgan fingerprint density at radius 2 is 2.35 bits per heavy atom. The highest BCUT2D eigenvalue weighted by molar-refractivity contribution is 7.09. The number of thiophene rings is 1. The molecule has 0 aromatic carbocycles. The van der Waals surface area contributed by atoms with E-state index in [2.05, 4.69) is 27.8 Å². The molecule has 0 unspecified atom stereocenters. The first-order valence-corrected chi connectivity index (χ1v) is 6.51. The van der Waals surface area contributed by atoms with Gasteiger partial charge in [-0.25, -0.2) is 0 Å². The Morgan fingerprint density at radius 3 is 3.12 bits per heavy atom. The van der Waals surface area contributed by atoms with Gasteiger partial charge in [-0.15, -0.1) is 11.3 Å². The smallest absolute Gasteiger partial charge is 0.126 e. The third-order valence-electron chi connectivity index (χ3n) is 2.41. The molecule has 0 aliphatic heterocycles. The van der Waals surface area contributed by atoms with Crippen LogP contribution in [0.4, 0.5) is 0 Å². The lowest BCUT2D eigenvalue weighted by atomic mass is 10.2. The molecule has 17 heavy (non-hydrogen) atoms. The predicted molar refractivity (Wildman–Crippen MR) is 70.5 cm³/mol. The lowest BCUT2D eigenvalue weighted by Crippen LogP contribution is -2.09. The Morgan fingerprint density at radius 1 is 1.41 bits per heavy atom. The van der Waals surface area contributed by atoms with Crippen LogP contribution in [0, 0.1) is 0 Å². The topological polar surface area (TPSA) is 34.2 Å². The summed E-state index contributed by atoms with van der Waals surface area (Å²) in [5.74, 6) is 0.922. The molecule has 90 valence electrons. The molecule has 0 radical (unpaired) electrons. The summed E-state index contributed by atoms with van der Waals surface area (Å²) in [6.45, 7) is 1.49. The van der Waals surface area contributed by atoms with E-state index in [1.807, 2.05) is 19.3 Å². The fourth-order valence-electron chi connectivity index (χ4n) is 1.59. The van der Waals surface area contributed by atoms with Gasteiger partial charge in [0.15, 0.2) is 0 Å². The van der Waals surface area contributed by atoms with Crippen LogP contribution in [0.3, 0.4) is 0 Å². The van der Waals surface area contributed by atoms with Crippen LogP contribution in [-0.4, -0.2) is 18.6 Å². The molecule has 3 nitrogen and oxygen atoms in total. The van der Waals surface area contributed by atoms with E-state index in [-0.39, 0.29) is 0 Å². The van der Waals surface area contributed by atoms with Crippen molar-refractivity contribution in [2.24, 2.45) is 0 Å². The van der Waals surface area contributed by atoms with Crippen molar-refractivity contribution in [1.82, 2.24) is 10.3 Å². The van der Waals surface area contributed by atoms with Gasteiger partial charge in [-0.05, 0) is 24.6 Å². The van der Waals surface area contributed by atoms with Crippen LogP contribution < -0.4 is 10.1 Å². The zero-order valence-electron chi connectivity index (χ0n) is 9.85. The van der Waals surface area contributed by atoms with E-state index in [9.17, 15) is 0 Å². The summed E-state index contributed by atoms with van der Waals surface area (Å²) >= 11 is 1.77. The first-order chi connectivity index (χ1) is 8.40. The zero-order valence-corrected chi connectivity index (χ0v) is 10.7. The Kier molecular flexibility index (Phi) is 4.53. The van der Waals surface area contributed by atoms with E-state index in [0.29, 0.717) is 6.61 Å². The Bertz CT molecular complexity index is 442. The molecule has 1 N–H and O–H groups in total. The number of hydrogen-bond donors (Lipinski definition) is 1.